The predicted molar refractivity (Wildman–Crippen MR) is 122 cm³/mol. The Hall–Kier alpha value is -3.62. The molecular weight excluding hydrogens is 406 g/mol. The van der Waals surface area contributed by atoms with Crippen LogP contribution in [-0.4, -0.2) is 55.7 Å². The summed E-state index contributed by atoms with van der Waals surface area (Å²) in [5, 5.41) is 11.4. The monoisotopic (exact) mass is 429 g/mol. The summed E-state index contributed by atoms with van der Waals surface area (Å²) in [6.07, 6.45) is 3.31. The fourth-order valence-electron chi connectivity index (χ4n) is 4.25. The van der Waals surface area contributed by atoms with E-state index in [1.165, 1.54) is 0 Å². The molecular formula is C24H23N5O3. The summed E-state index contributed by atoms with van der Waals surface area (Å²) in [6, 6.07) is 12.4. The third-order valence-corrected chi connectivity index (χ3v) is 5.91. The quantitative estimate of drug-likeness (QED) is 0.501. The van der Waals surface area contributed by atoms with Crippen molar-refractivity contribution in [1.29, 1.82) is 0 Å². The highest BCUT2D eigenvalue weighted by Gasteiger charge is 2.27. The molecule has 2 atom stereocenters. The van der Waals surface area contributed by atoms with Crippen molar-refractivity contribution in [3.8, 4) is 11.3 Å². The summed E-state index contributed by atoms with van der Waals surface area (Å²) in [4.78, 5) is 36.1. The number of aromatic nitrogens is 3. The van der Waals surface area contributed by atoms with Gasteiger partial charge in [0.1, 0.15) is 0 Å². The first-order chi connectivity index (χ1) is 15.4. The Bertz CT molecular complexity index is 1400. The van der Waals surface area contributed by atoms with Crippen LogP contribution in [0.3, 0.4) is 0 Å². The van der Waals surface area contributed by atoms with E-state index in [1.54, 1.807) is 53.2 Å². The molecule has 2 aromatic heterocycles. The van der Waals surface area contributed by atoms with Crippen LogP contribution < -0.4 is 11.3 Å². The fraction of sp³-hybridized carbons (Fsp3) is 0.250. The number of aryl methyl sites for hydroxylation is 1. The summed E-state index contributed by atoms with van der Waals surface area (Å²) in [7, 11) is 1.72. The molecule has 0 aliphatic carbocycles. The maximum absolute atomic E-state index is 13.0. The molecule has 2 aromatic carbocycles. The molecule has 4 aromatic rings. The molecule has 1 aliphatic rings. The molecule has 162 valence electrons. The SMILES string of the molecule is Cn1ccc2cc(-c3cnc4ccc(C(=O)N5CC(N)CC(O)C5)cc4n3)ccc2c1=O. The van der Waals surface area contributed by atoms with Crippen LogP contribution in [0.4, 0.5) is 0 Å². The van der Waals surface area contributed by atoms with Crippen LogP contribution >= 0.6 is 0 Å². The number of nitrogens with zero attached hydrogens (tertiary/aromatic N) is 4. The molecule has 2 unspecified atom stereocenters. The summed E-state index contributed by atoms with van der Waals surface area (Å²) in [5.41, 5.74) is 9.15. The average Bonchev–Trinajstić information content (AvgIpc) is 2.79. The number of rotatable bonds is 2. The lowest BCUT2D eigenvalue weighted by Crippen LogP contribution is -2.51. The minimum Gasteiger partial charge on any atom is -0.391 e. The van der Waals surface area contributed by atoms with E-state index in [-0.39, 0.29) is 24.1 Å². The van der Waals surface area contributed by atoms with Crippen molar-refractivity contribution in [3.63, 3.8) is 0 Å². The molecule has 0 spiro atoms. The standard InChI is InChI=1S/C24H23N5O3/c1-28-7-6-14-8-15(2-4-19(14)24(28)32)22-11-26-20-5-3-16(9-21(20)27-22)23(31)29-12-17(25)10-18(30)13-29/h2-9,11,17-18,30H,10,12-13,25H2,1H3. The van der Waals surface area contributed by atoms with E-state index < -0.39 is 6.10 Å². The number of aliphatic hydroxyl groups is 1. The summed E-state index contributed by atoms with van der Waals surface area (Å²) in [5.74, 6) is -0.185. The lowest BCUT2D eigenvalue weighted by Gasteiger charge is -2.34. The van der Waals surface area contributed by atoms with Gasteiger partial charge in [-0.25, -0.2) is 4.98 Å². The van der Waals surface area contributed by atoms with Crippen molar-refractivity contribution in [2.45, 2.75) is 18.6 Å². The van der Waals surface area contributed by atoms with Crippen LogP contribution in [0.2, 0.25) is 0 Å². The highest BCUT2D eigenvalue weighted by Crippen LogP contribution is 2.24. The van der Waals surface area contributed by atoms with Crippen molar-refractivity contribution in [1.82, 2.24) is 19.4 Å². The fourth-order valence-corrected chi connectivity index (χ4v) is 4.25. The number of β-amino-alcohol motifs (C(OH)–C–C–N with tert-alkyl or cyclic N) is 1. The van der Waals surface area contributed by atoms with Gasteiger partial charge in [0.05, 0.1) is 29.0 Å². The molecule has 5 rings (SSSR count). The summed E-state index contributed by atoms with van der Waals surface area (Å²) < 4.78 is 1.55. The van der Waals surface area contributed by atoms with Crippen molar-refractivity contribution < 1.29 is 9.90 Å². The van der Waals surface area contributed by atoms with E-state index in [2.05, 4.69) is 4.98 Å². The molecule has 0 radical (unpaired) electrons. The maximum Gasteiger partial charge on any atom is 0.258 e. The molecule has 8 nitrogen and oxygen atoms in total. The Morgan fingerprint density at radius 2 is 1.97 bits per heavy atom. The second-order valence-corrected chi connectivity index (χ2v) is 8.35. The van der Waals surface area contributed by atoms with Crippen molar-refractivity contribution in [2.75, 3.05) is 13.1 Å². The van der Waals surface area contributed by atoms with Crippen molar-refractivity contribution in [2.24, 2.45) is 12.8 Å². The highest BCUT2D eigenvalue weighted by molar-refractivity contribution is 5.97. The smallest absolute Gasteiger partial charge is 0.258 e. The topological polar surface area (TPSA) is 114 Å². The number of hydrogen-bond acceptors (Lipinski definition) is 6. The maximum atomic E-state index is 13.0. The molecule has 32 heavy (non-hydrogen) atoms. The van der Waals surface area contributed by atoms with Gasteiger partial charge >= 0.3 is 0 Å². The third-order valence-electron chi connectivity index (χ3n) is 5.91. The number of likely N-dealkylation sites (tertiary alicyclic amines) is 1. The van der Waals surface area contributed by atoms with Gasteiger partial charge < -0.3 is 20.3 Å². The van der Waals surface area contributed by atoms with Gasteiger partial charge in [-0.1, -0.05) is 6.07 Å². The number of benzene rings is 2. The lowest BCUT2D eigenvalue weighted by molar-refractivity contribution is 0.0424. The lowest BCUT2D eigenvalue weighted by atomic mass is 10.0. The second kappa shape index (κ2) is 7.81. The van der Waals surface area contributed by atoms with E-state index in [4.69, 9.17) is 10.7 Å². The Kier molecular flexibility index (Phi) is 4.96. The Labute approximate surface area is 183 Å². The largest absolute Gasteiger partial charge is 0.391 e. The minimum atomic E-state index is -0.612. The van der Waals surface area contributed by atoms with Gasteiger partial charge in [0.15, 0.2) is 0 Å². The Balaban J connectivity index is 1.51. The number of fused-ring (bicyclic) bond motifs is 2. The van der Waals surface area contributed by atoms with Crippen LogP contribution in [0.15, 0.2) is 59.7 Å². The van der Waals surface area contributed by atoms with Gasteiger partial charge in [0.2, 0.25) is 0 Å². The predicted octanol–water partition coefficient (Wildman–Crippen LogP) is 1.68. The van der Waals surface area contributed by atoms with Crippen LogP contribution in [0.25, 0.3) is 33.1 Å². The summed E-state index contributed by atoms with van der Waals surface area (Å²) >= 11 is 0. The number of nitrogens with two attached hydrogens (primary N) is 1. The molecule has 3 N–H and O–H groups in total. The van der Waals surface area contributed by atoms with Gasteiger partial charge in [-0.05, 0) is 48.2 Å². The number of amides is 1. The van der Waals surface area contributed by atoms with Gasteiger partial charge in [-0.2, -0.15) is 0 Å². The van der Waals surface area contributed by atoms with Gasteiger partial charge in [-0.15, -0.1) is 0 Å². The van der Waals surface area contributed by atoms with Gasteiger partial charge in [-0.3, -0.25) is 14.6 Å². The zero-order chi connectivity index (χ0) is 22.4. The normalized spacial score (nSPS) is 18.9. The van der Waals surface area contributed by atoms with E-state index in [0.29, 0.717) is 40.6 Å². The zero-order valence-electron chi connectivity index (χ0n) is 17.6. The molecule has 0 saturated carbocycles. The van der Waals surface area contributed by atoms with Gasteiger partial charge in [0.25, 0.3) is 11.5 Å². The van der Waals surface area contributed by atoms with E-state index in [1.807, 2.05) is 18.2 Å². The molecule has 8 heteroatoms. The first-order valence-corrected chi connectivity index (χ1v) is 10.5. The zero-order valence-corrected chi connectivity index (χ0v) is 17.6. The second-order valence-electron chi connectivity index (χ2n) is 8.35. The third kappa shape index (κ3) is 3.63. The van der Waals surface area contributed by atoms with Gasteiger partial charge in [0, 0.05) is 48.9 Å². The molecule has 3 heterocycles. The summed E-state index contributed by atoms with van der Waals surface area (Å²) in [6.45, 7) is 0.684. The average molecular weight is 429 g/mol. The number of carbonyl (C=O) groups excluding carboxylic acids is 1. The molecule has 1 aliphatic heterocycles. The van der Waals surface area contributed by atoms with Crippen molar-refractivity contribution in [3.05, 3.63) is 70.8 Å². The van der Waals surface area contributed by atoms with Crippen molar-refractivity contribution >= 4 is 27.7 Å². The number of pyridine rings is 1. The molecule has 0 bridgehead atoms. The number of aliphatic hydroxyl groups excluding tert-OH is 1. The number of carbonyl (C=O) groups is 1. The minimum absolute atomic E-state index is 0.0515. The van der Waals surface area contributed by atoms with Crippen LogP contribution in [0.5, 0.6) is 0 Å². The molecule has 1 saturated heterocycles. The van der Waals surface area contributed by atoms with Crippen LogP contribution in [0.1, 0.15) is 16.8 Å². The van der Waals surface area contributed by atoms with E-state index >= 15 is 0 Å². The van der Waals surface area contributed by atoms with Crippen LogP contribution in [0, 0.1) is 0 Å². The van der Waals surface area contributed by atoms with Crippen LogP contribution in [-0.2, 0) is 7.05 Å². The van der Waals surface area contributed by atoms with E-state index in [0.717, 1.165) is 10.9 Å². The van der Waals surface area contributed by atoms with E-state index in [9.17, 15) is 14.7 Å². The first-order valence-electron chi connectivity index (χ1n) is 10.5. The molecule has 1 fully saturated rings. The number of hydrogen-bond donors (Lipinski definition) is 2. The number of piperidine rings is 1. The molecule has 1 amide bonds. The highest BCUT2D eigenvalue weighted by atomic mass is 16.3. The Morgan fingerprint density at radius 1 is 1.12 bits per heavy atom. The first kappa shape index (κ1) is 20.3. The Morgan fingerprint density at radius 3 is 2.78 bits per heavy atom.